The minimum atomic E-state index is -0.459. The lowest BCUT2D eigenvalue weighted by Gasteiger charge is -2.07. The van der Waals surface area contributed by atoms with Gasteiger partial charge in [0, 0.05) is 18.3 Å². The van der Waals surface area contributed by atoms with Gasteiger partial charge in [0.25, 0.3) is 0 Å². The molecule has 5 heteroatoms. The summed E-state index contributed by atoms with van der Waals surface area (Å²) >= 11 is 0. The number of rotatable bonds is 0. The van der Waals surface area contributed by atoms with Crippen LogP contribution in [-0.2, 0) is 0 Å². The predicted molar refractivity (Wildman–Crippen MR) is 53.0 cm³/mol. The molecule has 0 aromatic carbocycles. The van der Waals surface area contributed by atoms with Crippen molar-refractivity contribution in [2.45, 2.75) is 20.3 Å². The van der Waals surface area contributed by atoms with E-state index < -0.39 is 6.03 Å². The van der Waals surface area contributed by atoms with Crippen LogP contribution >= 0.6 is 0 Å². The molecule has 1 aliphatic heterocycles. The van der Waals surface area contributed by atoms with Crippen molar-refractivity contribution in [3.05, 3.63) is 17.5 Å². The zero-order valence-electron chi connectivity index (χ0n) is 8.06. The van der Waals surface area contributed by atoms with Gasteiger partial charge < -0.3 is 0 Å². The fourth-order valence-corrected chi connectivity index (χ4v) is 1.41. The van der Waals surface area contributed by atoms with Gasteiger partial charge in [0.05, 0.1) is 5.69 Å². The molecule has 1 aromatic rings. The molecule has 5 nitrogen and oxygen atoms in total. The van der Waals surface area contributed by atoms with Gasteiger partial charge in [-0.1, -0.05) is 0 Å². The standard InChI is InChI=1S/C9H10N4O/c1-6-5-7(2)13(12-6)8-3-4-10-9(14)11-8/h4-5H,3H2,1-2H3. The molecule has 2 rings (SSSR count). The molecule has 0 spiro atoms. The molecular formula is C9H10N4O. The van der Waals surface area contributed by atoms with Crippen LogP contribution in [-0.4, -0.2) is 27.9 Å². The van der Waals surface area contributed by atoms with E-state index in [-0.39, 0.29) is 0 Å². The Balaban J connectivity index is 2.40. The molecule has 0 N–H and O–H groups in total. The predicted octanol–water partition coefficient (Wildman–Crippen LogP) is 1.34. The smallest absolute Gasteiger partial charge is 0.244 e. The molecular weight excluding hydrogens is 180 g/mol. The molecule has 1 aliphatic rings. The first-order valence-corrected chi connectivity index (χ1v) is 4.34. The molecule has 0 atom stereocenters. The molecule has 2 heterocycles. The van der Waals surface area contributed by atoms with Crippen molar-refractivity contribution in [2.75, 3.05) is 0 Å². The van der Waals surface area contributed by atoms with Crippen LogP contribution in [0.1, 0.15) is 17.8 Å². The third-order valence-corrected chi connectivity index (χ3v) is 1.95. The van der Waals surface area contributed by atoms with Crippen LogP contribution in [0, 0.1) is 13.8 Å². The summed E-state index contributed by atoms with van der Waals surface area (Å²) in [6.07, 6.45) is 2.11. The minimum absolute atomic E-state index is 0.459. The Morgan fingerprint density at radius 2 is 2.21 bits per heavy atom. The highest BCUT2D eigenvalue weighted by Gasteiger charge is 2.12. The number of hydrogen-bond donors (Lipinski definition) is 0. The quantitative estimate of drug-likeness (QED) is 0.619. The van der Waals surface area contributed by atoms with E-state index in [9.17, 15) is 4.79 Å². The van der Waals surface area contributed by atoms with Gasteiger partial charge in [0.2, 0.25) is 0 Å². The Bertz CT molecular complexity index is 442. The molecule has 0 aliphatic carbocycles. The van der Waals surface area contributed by atoms with Crippen LogP contribution < -0.4 is 0 Å². The fraction of sp³-hybridized carbons (Fsp3) is 0.333. The molecule has 0 unspecified atom stereocenters. The average Bonchev–Trinajstić information content (AvgIpc) is 2.45. The van der Waals surface area contributed by atoms with Crippen LogP contribution in [0.4, 0.5) is 4.79 Å². The Morgan fingerprint density at radius 1 is 1.43 bits per heavy atom. The Morgan fingerprint density at radius 3 is 2.79 bits per heavy atom. The molecule has 14 heavy (non-hydrogen) atoms. The van der Waals surface area contributed by atoms with Gasteiger partial charge in [-0.25, -0.2) is 14.5 Å². The van der Waals surface area contributed by atoms with Crippen LogP contribution in [0.2, 0.25) is 0 Å². The zero-order chi connectivity index (χ0) is 10.1. The molecule has 0 radical (unpaired) electrons. The first kappa shape index (κ1) is 8.80. The monoisotopic (exact) mass is 190 g/mol. The number of nitrogens with zero attached hydrogens (tertiary/aromatic N) is 4. The van der Waals surface area contributed by atoms with Crippen LogP contribution in [0.3, 0.4) is 0 Å². The molecule has 0 fully saturated rings. The number of aliphatic imine (C=N–C) groups is 2. The number of carbonyl (C=O) groups excluding carboxylic acids is 1. The van der Waals surface area contributed by atoms with Crippen molar-refractivity contribution in [3.63, 3.8) is 0 Å². The molecule has 0 saturated heterocycles. The summed E-state index contributed by atoms with van der Waals surface area (Å²) in [5.74, 6) is 0.635. The molecule has 72 valence electrons. The van der Waals surface area contributed by atoms with E-state index in [1.54, 1.807) is 10.9 Å². The molecule has 0 saturated carbocycles. The number of amides is 2. The maximum absolute atomic E-state index is 10.9. The molecule has 0 bridgehead atoms. The first-order chi connectivity index (χ1) is 6.66. The van der Waals surface area contributed by atoms with E-state index in [1.165, 1.54) is 0 Å². The second kappa shape index (κ2) is 3.17. The second-order valence-corrected chi connectivity index (χ2v) is 3.17. The van der Waals surface area contributed by atoms with E-state index in [1.807, 2.05) is 19.9 Å². The summed E-state index contributed by atoms with van der Waals surface area (Å²) in [7, 11) is 0. The second-order valence-electron chi connectivity index (χ2n) is 3.17. The summed E-state index contributed by atoms with van der Waals surface area (Å²) < 4.78 is 1.68. The van der Waals surface area contributed by atoms with Crippen molar-refractivity contribution < 1.29 is 4.79 Å². The van der Waals surface area contributed by atoms with Gasteiger partial charge in [-0.2, -0.15) is 10.1 Å². The van der Waals surface area contributed by atoms with E-state index in [2.05, 4.69) is 15.1 Å². The largest absolute Gasteiger partial charge is 0.368 e. The van der Waals surface area contributed by atoms with Crippen molar-refractivity contribution >= 4 is 18.1 Å². The summed E-state index contributed by atoms with van der Waals surface area (Å²) in [6.45, 7) is 3.83. The normalized spacial score (nSPS) is 15.9. The van der Waals surface area contributed by atoms with Crippen molar-refractivity contribution in [1.29, 1.82) is 0 Å². The number of urea groups is 1. The van der Waals surface area contributed by atoms with Crippen LogP contribution in [0.5, 0.6) is 0 Å². The Kier molecular flexibility index (Phi) is 1.99. The van der Waals surface area contributed by atoms with Gasteiger partial charge in [-0.15, -0.1) is 0 Å². The fourth-order valence-electron chi connectivity index (χ4n) is 1.41. The lowest BCUT2D eigenvalue weighted by molar-refractivity contribution is 0.257. The van der Waals surface area contributed by atoms with E-state index in [0.717, 1.165) is 11.4 Å². The van der Waals surface area contributed by atoms with Gasteiger partial charge in [-0.05, 0) is 19.9 Å². The molecule has 2 amide bonds. The number of aromatic nitrogens is 2. The van der Waals surface area contributed by atoms with Gasteiger partial charge in [0.1, 0.15) is 5.84 Å². The van der Waals surface area contributed by atoms with E-state index in [4.69, 9.17) is 0 Å². The van der Waals surface area contributed by atoms with Gasteiger partial charge in [-0.3, -0.25) is 0 Å². The van der Waals surface area contributed by atoms with Gasteiger partial charge in [0.15, 0.2) is 0 Å². The third-order valence-electron chi connectivity index (χ3n) is 1.95. The SMILES string of the molecule is Cc1cc(C)n(C2=NC(=O)N=CC2)n1. The third kappa shape index (κ3) is 1.48. The zero-order valence-corrected chi connectivity index (χ0v) is 8.06. The lowest BCUT2D eigenvalue weighted by atomic mass is 10.3. The highest BCUT2D eigenvalue weighted by molar-refractivity contribution is 6.07. The Hall–Kier alpha value is -1.78. The maximum atomic E-state index is 10.9. The summed E-state index contributed by atoms with van der Waals surface area (Å²) in [4.78, 5) is 18.3. The van der Waals surface area contributed by atoms with Gasteiger partial charge >= 0.3 is 6.03 Å². The van der Waals surface area contributed by atoms with Crippen LogP contribution in [0.15, 0.2) is 16.1 Å². The van der Waals surface area contributed by atoms with Crippen LogP contribution in [0.25, 0.3) is 0 Å². The molecule has 1 aromatic heterocycles. The minimum Gasteiger partial charge on any atom is -0.244 e. The average molecular weight is 190 g/mol. The maximum Gasteiger partial charge on any atom is 0.368 e. The number of aryl methyl sites for hydroxylation is 2. The summed E-state index contributed by atoms with van der Waals surface area (Å²) in [5, 5.41) is 4.24. The number of hydrogen-bond acceptors (Lipinski definition) is 2. The van der Waals surface area contributed by atoms with Crippen molar-refractivity contribution in [2.24, 2.45) is 9.98 Å². The topological polar surface area (TPSA) is 59.6 Å². The Labute approximate surface area is 81.2 Å². The van der Waals surface area contributed by atoms with E-state index >= 15 is 0 Å². The lowest BCUT2D eigenvalue weighted by Crippen LogP contribution is -2.19. The number of carbonyl (C=O) groups is 1. The summed E-state index contributed by atoms with van der Waals surface area (Å²) in [6, 6.07) is 1.48. The van der Waals surface area contributed by atoms with Crippen molar-refractivity contribution in [3.8, 4) is 0 Å². The highest BCUT2D eigenvalue weighted by Crippen LogP contribution is 2.05. The van der Waals surface area contributed by atoms with E-state index in [0.29, 0.717) is 12.3 Å². The highest BCUT2D eigenvalue weighted by atomic mass is 16.2. The first-order valence-electron chi connectivity index (χ1n) is 4.34. The van der Waals surface area contributed by atoms with Crippen molar-refractivity contribution in [1.82, 2.24) is 9.78 Å². The summed E-state index contributed by atoms with van der Waals surface area (Å²) in [5.41, 5.74) is 1.89.